The Morgan fingerprint density at radius 2 is 1.76 bits per heavy atom. The van der Waals surface area contributed by atoms with Gasteiger partial charge in [-0.3, -0.25) is 0 Å². The molecule has 0 spiro atoms. The van der Waals surface area contributed by atoms with Crippen molar-refractivity contribution in [2.45, 2.75) is 13.8 Å². The number of thiophene rings is 1. The maximum Gasteiger partial charge on any atom is 0.350 e. The van der Waals surface area contributed by atoms with Crippen LogP contribution in [-0.4, -0.2) is 17.6 Å². The fourth-order valence-electron chi connectivity index (χ4n) is 3.20. The number of anilines is 1. The molecule has 0 amide bonds. The molecule has 0 saturated carbocycles. The van der Waals surface area contributed by atoms with Gasteiger partial charge < -0.3 is 10.5 Å². The number of aryl methyl sites for hydroxylation is 1. The van der Waals surface area contributed by atoms with Crippen molar-refractivity contribution in [2.75, 3.05) is 12.3 Å². The number of nitrogen functional groups attached to an aromatic ring is 1. The average molecular weight is 423 g/mol. The van der Waals surface area contributed by atoms with Crippen molar-refractivity contribution in [3.63, 3.8) is 0 Å². The van der Waals surface area contributed by atoms with Crippen LogP contribution in [0.25, 0.3) is 32.6 Å². The van der Waals surface area contributed by atoms with E-state index in [4.69, 9.17) is 27.1 Å². The number of pyridine rings is 1. The molecule has 6 heteroatoms. The number of esters is 1. The Bertz CT molecular complexity index is 1200. The predicted octanol–water partition coefficient (Wildman–Crippen LogP) is 6.35. The normalized spacial score (nSPS) is 11.0. The van der Waals surface area contributed by atoms with Crippen LogP contribution < -0.4 is 5.73 Å². The first-order chi connectivity index (χ1) is 14.0. The molecule has 2 N–H and O–H groups in total. The number of halogens is 1. The second-order valence-electron chi connectivity index (χ2n) is 6.67. The molecule has 2 aromatic carbocycles. The third-order valence-electron chi connectivity index (χ3n) is 4.66. The number of carbonyl (C=O) groups excluding carboxylic acids is 1. The number of hydrogen-bond donors (Lipinski definition) is 1. The highest BCUT2D eigenvalue weighted by Crippen LogP contribution is 2.41. The molecule has 0 unspecified atom stereocenters. The van der Waals surface area contributed by atoms with Crippen LogP contribution >= 0.6 is 22.9 Å². The smallest absolute Gasteiger partial charge is 0.350 e. The van der Waals surface area contributed by atoms with E-state index in [0.29, 0.717) is 27.0 Å². The van der Waals surface area contributed by atoms with E-state index in [2.05, 4.69) is 24.3 Å². The van der Waals surface area contributed by atoms with Crippen LogP contribution in [0.5, 0.6) is 0 Å². The van der Waals surface area contributed by atoms with Gasteiger partial charge in [-0.1, -0.05) is 53.6 Å². The molecular formula is C23H19ClN2O2S. The minimum Gasteiger partial charge on any atom is -0.462 e. The summed E-state index contributed by atoms with van der Waals surface area (Å²) in [5.74, 6) is -0.420. The summed E-state index contributed by atoms with van der Waals surface area (Å²) in [7, 11) is 0. The van der Waals surface area contributed by atoms with Crippen molar-refractivity contribution >= 4 is 44.8 Å². The average Bonchev–Trinajstić information content (AvgIpc) is 3.05. The van der Waals surface area contributed by atoms with E-state index in [0.717, 1.165) is 27.8 Å². The molecule has 4 rings (SSSR count). The molecule has 4 aromatic rings. The van der Waals surface area contributed by atoms with Gasteiger partial charge in [-0.05, 0) is 43.2 Å². The summed E-state index contributed by atoms with van der Waals surface area (Å²) in [6.45, 7) is 4.11. The van der Waals surface area contributed by atoms with Gasteiger partial charge in [-0.2, -0.15) is 0 Å². The van der Waals surface area contributed by atoms with Gasteiger partial charge in [0.1, 0.15) is 9.71 Å². The molecule has 0 fully saturated rings. The Hall–Kier alpha value is -2.89. The quantitative estimate of drug-likeness (QED) is 0.389. The molecule has 0 aliphatic carbocycles. The van der Waals surface area contributed by atoms with Crippen LogP contribution in [0.15, 0.2) is 54.6 Å². The molecule has 0 aliphatic rings. The van der Waals surface area contributed by atoms with E-state index in [1.165, 1.54) is 16.9 Å². The Balaban J connectivity index is 1.99. The number of carbonyl (C=O) groups is 1. The molecule has 29 heavy (non-hydrogen) atoms. The monoisotopic (exact) mass is 422 g/mol. The molecule has 146 valence electrons. The second kappa shape index (κ2) is 7.85. The van der Waals surface area contributed by atoms with Crippen LogP contribution in [-0.2, 0) is 4.74 Å². The van der Waals surface area contributed by atoms with E-state index in [1.54, 1.807) is 6.92 Å². The number of fused-ring (bicyclic) bond motifs is 1. The van der Waals surface area contributed by atoms with Gasteiger partial charge >= 0.3 is 5.97 Å². The van der Waals surface area contributed by atoms with Crippen molar-refractivity contribution in [3.05, 3.63) is 70.1 Å². The molecule has 2 heterocycles. The molecule has 0 bridgehead atoms. The molecule has 0 atom stereocenters. The Morgan fingerprint density at radius 3 is 2.41 bits per heavy atom. The van der Waals surface area contributed by atoms with E-state index in [-0.39, 0.29) is 0 Å². The van der Waals surface area contributed by atoms with Crippen molar-refractivity contribution in [2.24, 2.45) is 0 Å². The SMILES string of the molecule is CCOC(=O)c1sc2nc(-c3ccc(Cl)cc3)cc(-c3ccc(C)cc3)c2c1N. The molecule has 4 nitrogen and oxygen atoms in total. The van der Waals surface area contributed by atoms with Gasteiger partial charge in [-0.15, -0.1) is 11.3 Å². The third-order valence-corrected chi connectivity index (χ3v) is 5.99. The van der Waals surface area contributed by atoms with Crippen LogP contribution in [0, 0.1) is 6.92 Å². The Labute approximate surface area is 177 Å². The van der Waals surface area contributed by atoms with Gasteiger partial charge in [0, 0.05) is 16.0 Å². The summed E-state index contributed by atoms with van der Waals surface area (Å²) in [6, 6.07) is 17.7. The first-order valence-electron chi connectivity index (χ1n) is 9.21. The van der Waals surface area contributed by atoms with Gasteiger partial charge in [0.15, 0.2) is 0 Å². The lowest BCUT2D eigenvalue weighted by Gasteiger charge is -2.09. The zero-order valence-electron chi connectivity index (χ0n) is 16.0. The van der Waals surface area contributed by atoms with E-state index in [9.17, 15) is 4.79 Å². The molecule has 0 radical (unpaired) electrons. The Kier molecular flexibility index (Phi) is 5.26. The van der Waals surface area contributed by atoms with Crippen LogP contribution in [0.1, 0.15) is 22.2 Å². The maximum absolute atomic E-state index is 12.4. The molecule has 0 saturated heterocycles. The highest BCUT2D eigenvalue weighted by molar-refractivity contribution is 7.21. The van der Waals surface area contributed by atoms with Crippen LogP contribution in [0.3, 0.4) is 0 Å². The number of nitrogens with zero attached hydrogens (tertiary/aromatic N) is 1. The van der Waals surface area contributed by atoms with Crippen molar-refractivity contribution in [1.29, 1.82) is 0 Å². The van der Waals surface area contributed by atoms with E-state index in [1.807, 2.05) is 37.3 Å². The summed E-state index contributed by atoms with van der Waals surface area (Å²) >= 11 is 7.30. The number of rotatable bonds is 4. The topological polar surface area (TPSA) is 65.2 Å². The third kappa shape index (κ3) is 3.71. The fourth-order valence-corrected chi connectivity index (χ4v) is 4.34. The minimum atomic E-state index is -0.420. The summed E-state index contributed by atoms with van der Waals surface area (Å²) in [6.07, 6.45) is 0. The highest BCUT2D eigenvalue weighted by atomic mass is 35.5. The lowest BCUT2D eigenvalue weighted by atomic mass is 9.99. The summed E-state index contributed by atoms with van der Waals surface area (Å²) in [5, 5.41) is 1.44. The second-order valence-corrected chi connectivity index (χ2v) is 8.11. The maximum atomic E-state index is 12.4. The van der Waals surface area contributed by atoms with Crippen LogP contribution in [0.4, 0.5) is 5.69 Å². The zero-order chi connectivity index (χ0) is 20.5. The fraction of sp³-hybridized carbons (Fsp3) is 0.130. The van der Waals surface area contributed by atoms with E-state index < -0.39 is 5.97 Å². The van der Waals surface area contributed by atoms with Crippen molar-refractivity contribution < 1.29 is 9.53 Å². The van der Waals surface area contributed by atoms with E-state index >= 15 is 0 Å². The number of benzene rings is 2. The minimum absolute atomic E-state index is 0.292. The lowest BCUT2D eigenvalue weighted by molar-refractivity contribution is 0.0533. The summed E-state index contributed by atoms with van der Waals surface area (Å²) < 4.78 is 5.18. The summed E-state index contributed by atoms with van der Waals surface area (Å²) in [4.78, 5) is 18.3. The molecule has 0 aliphatic heterocycles. The van der Waals surface area contributed by atoms with Gasteiger partial charge in [0.05, 0.1) is 18.0 Å². The molecular weight excluding hydrogens is 404 g/mol. The Morgan fingerprint density at radius 1 is 1.10 bits per heavy atom. The van der Waals surface area contributed by atoms with Crippen LogP contribution in [0.2, 0.25) is 5.02 Å². The zero-order valence-corrected chi connectivity index (χ0v) is 17.6. The molecule has 2 aromatic heterocycles. The first-order valence-corrected chi connectivity index (χ1v) is 10.4. The lowest BCUT2D eigenvalue weighted by Crippen LogP contribution is -2.04. The highest BCUT2D eigenvalue weighted by Gasteiger charge is 2.22. The number of ether oxygens (including phenoxy) is 1. The van der Waals surface area contributed by atoms with Gasteiger partial charge in [0.2, 0.25) is 0 Å². The standard InChI is InChI=1S/C23H19ClN2O2S/c1-3-28-23(27)21-20(25)19-17(14-6-4-13(2)5-7-14)12-18(26-22(19)29-21)15-8-10-16(24)11-9-15/h4-12H,3,25H2,1-2H3. The van der Waals surface area contributed by atoms with Gasteiger partial charge in [0.25, 0.3) is 0 Å². The number of nitrogens with two attached hydrogens (primary N) is 1. The largest absolute Gasteiger partial charge is 0.462 e. The first kappa shape index (κ1) is 19.4. The van der Waals surface area contributed by atoms with Gasteiger partial charge in [-0.25, -0.2) is 9.78 Å². The predicted molar refractivity (Wildman–Crippen MR) is 121 cm³/mol. The van der Waals surface area contributed by atoms with Crippen molar-refractivity contribution in [1.82, 2.24) is 4.98 Å². The number of hydrogen-bond acceptors (Lipinski definition) is 5. The van der Waals surface area contributed by atoms with Crippen molar-refractivity contribution in [3.8, 4) is 22.4 Å². The number of aromatic nitrogens is 1. The summed E-state index contributed by atoms with van der Waals surface area (Å²) in [5.41, 5.74) is 11.7.